The zero-order chi connectivity index (χ0) is 20.1. The van der Waals surface area contributed by atoms with Crippen LogP contribution in [0.4, 0.5) is 10.1 Å². The van der Waals surface area contributed by atoms with Gasteiger partial charge in [0.2, 0.25) is 10.0 Å². The van der Waals surface area contributed by atoms with Crippen molar-refractivity contribution in [2.45, 2.75) is 4.90 Å². The van der Waals surface area contributed by atoms with Gasteiger partial charge in [0.05, 0.1) is 28.8 Å². The van der Waals surface area contributed by atoms with Gasteiger partial charge in [-0.15, -0.1) is 0 Å². The van der Waals surface area contributed by atoms with Gasteiger partial charge in [-0.2, -0.15) is 4.31 Å². The fourth-order valence-corrected chi connectivity index (χ4v) is 4.32. The Morgan fingerprint density at radius 3 is 2.61 bits per heavy atom. The van der Waals surface area contributed by atoms with E-state index < -0.39 is 28.4 Å². The molecule has 150 valence electrons. The second-order valence-electron chi connectivity index (χ2n) is 5.93. The van der Waals surface area contributed by atoms with Crippen molar-refractivity contribution < 1.29 is 27.1 Å². The molecule has 7 nitrogen and oxygen atoms in total. The van der Waals surface area contributed by atoms with Gasteiger partial charge < -0.3 is 14.8 Å². The molecule has 1 amide bonds. The van der Waals surface area contributed by atoms with Gasteiger partial charge in [-0.05, 0) is 30.3 Å². The van der Waals surface area contributed by atoms with Gasteiger partial charge in [-0.1, -0.05) is 23.7 Å². The van der Waals surface area contributed by atoms with Crippen molar-refractivity contribution in [3.8, 4) is 5.75 Å². The number of hydrogen-bond acceptors (Lipinski definition) is 5. The number of halogens is 2. The van der Waals surface area contributed by atoms with Crippen molar-refractivity contribution in [3.05, 3.63) is 53.3 Å². The Morgan fingerprint density at radius 2 is 1.93 bits per heavy atom. The van der Waals surface area contributed by atoms with E-state index in [-0.39, 0.29) is 34.4 Å². The average molecular weight is 429 g/mol. The Balaban J connectivity index is 1.64. The van der Waals surface area contributed by atoms with E-state index in [9.17, 15) is 17.6 Å². The van der Waals surface area contributed by atoms with Crippen LogP contribution in [0, 0.1) is 5.82 Å². The molecule has 28 heavy (non-hydrogen) atoms. The highest BCUT2D eigenvalue weighted by Crippen LogP contribution is 2.29. The molecule has 0 unspecified atom stereocenters. The zero-order valence-corrected chi connectivity index (χ0v) is 16.3. The standard InChI is InChI=1S/C18H18ClFN2O5S/c19-14-11-13(28(24,25)22-7-9-26-10-8-22)5-6-17(14)27-12-18(23)21-16-4-2-1-3-15(16)20/h1-6,11H,7-10,12H2,(H,21,23). The van der Waals surface area contributed by atoms with Crippen LogP contribution in [-0.4, -0.2) is 51.5 Å². The molecule has 0 bridgehead atoms. The third-order valence-electron chi connectivity index (χ3n) is 4.02. The first-order valence-corrected chi connectivity index (χ1v) is 10.2. The van der Waals surface area contributed by atoms with E-state index in [0.29, 0.717) is 13.2 Å². The van der Waals surface area contributed by atoms with Crippen LogP contribution < -0.4 is 10.1 Å². The van der Waals surface area contributed by atoms with Crippen LogP contribution in [0.2, 0.25) is 5.02 Å². The van der Waals surface area contributed by atoms with Crippen LogP contribution in [-0.2, 0) is 19.6 Å². The Labute approximate surface area is 167 Å². The van der Waals surface area contributed by atoms with Gasteiger partial charge in [-0.3, -0.25) is 4.79 Å². The number of hydrogen-bond donors (Lipinski definition) is 1. The zero-order valence-electron chi connectivity index (χ0n) is 14.7. The van der Waals surface area contributed by atoms with Crippen molar-refractivity contribution in [3.63, 3.8) is 0 Å². The number of amides is 1. The van der Waals surface area contributed by atoms with Crippen molar-refractivity contribution in [1.29, 1.82) is 0 Å². The molecule has 1 fully saturated rings. The fraction of sp³-hybridized carbons (Fsp3) is 0.278. The van der Waals surface area contributed by atoms with Gasteiger partial charge in [0.25, 0.3) is 5.91 Å². The number of carbonyl (C=O) groups excluding carboxylic acids is 1. The molecule has 0 radical (unpaired) electrons. The summed E-state index contributed by atoms with van der Waals surface area (Å²) in [5, 5.41) is 2.43. The number of benzene rings is 2. The number of morpholine rings is 1. The van der Waals surface area contributed by atoms with E-state index in [1.165, 1.54) is 40.7 Å². The number of para-hydroxylation sites is 1. The van der Waals surface area contributed by atoms with Crippen molar-refractivity contribution in [1.82, 2.24) is 4.31 Å². The first-order chi connectivity index (χ1) is 13.4. The highest BCUT2D eigenvalue weighted by Gasteiger charge is 2.27. The van der Waals surface area contributed by atoms with Gasteiger partial charge >= 0.3 is 0 Å². The third-order valence-corrected chi connectivity index (χ3v) is 6.21. The van der Waals surface area contributed by atoms with E-state index in [4.69, 9.17) is 21.1 Å². The molecule has 3 rings (SSSR count). The van der Waals surface area contributed by atoms with Crippen LogP contribution in [0.1, 0.15) is 0 Å². The summed E-state index contributed by atoms with van der Waals surface area (Å²) in [5.41, 5.74) is 0.0362. The minimum Gasteiger partial charge on any atom is -0.482 e. The maximum atomic E-state index is 13.5. The minimum atomic E-state index is -3.69. The maximum Gasteiger partial charge on any atom is 0.262 e. The van der Waals surface area contributed by atoms with E-state index >= 15 is 0 Å². The van der Waals surface area contributed by atoms with Crippen LogP contribution in [0.5, 0.6) is 5.75 Å². The molecule has 0 spiro atoms. The molecule has 0 saturated carbocycles. The molecule has 2 aromatic carbocycles. The predicted octanol–water partition coefficient (Wildman–Crippen LogP) is 2.52. The molecule has 0 atom stereocenters. The van der Waals surface area contributed by atoms with Crippen molar-refractivity contribution in [2.24, 2.45) is 0 Å². The smallest absolute Gasteiger partial charge is 0.262 e. The number of sulfonamides is 1. The molecule has 1 aliphatic heterocycles. The van der Waals surface area contributed by atoms with Gasteiger partial charge in [0, 0.05) is 13.1 Å². The van der Waals surface area contributed by atoms with Gasteiger partial charge in [-0.25, -0.2) is 12.8 Å². The summed E-state index contributed by atoms with van der Waals surface area (Å²) in [6.45, 7) is 0.809. The summed E-state index contributed by atoms with van der Waals surface area (Å²) < 4.78 is 50.6. The quantitative estimate of drug-likeness (QED) is 0.764. The van der Waals surface area contributed by atoms with Crippen LogP contribution in [0.15, 0.2) is 47.4 Å². The summed E-state index contributed by atoms with van der Waals surface area (Å²) in [6.07, 6.45) is 0. The summed E-state index contributed by atoms with van der Waals surface area (Å²) in [6, 6.07) is 9.76. The Kier molecular flexibility index (Phi) is 6.50. The molecule has 10 heteroatoms. The molecule has 0 aromatic heterocycles. The topological polar surface area (TPSA) is 84.9 Å². The summed E-state index contributed by atoms with van der Waals surface area (Å²) in [5.74, 6) is -0.996. The number of rotatable bonds is 6. The summed E-state index contributed by atoms with van der Waals surface area (Å²) in [7, 11) is -3.69. The monoisotopic (exact) mass is 428 g/mol. The first kappa shape index (κ1) is 20.5. The highest BCUT2D eigenvalue weighted by molar-refractivity contribution is 7.89. The normalized spacial score (nSPS) is 15.2. The molecular weight excluding hydrogens is 411 g/mol. The van der Waals surface area contributed by atoms with Gasteiger partial charge in [0.15, 0.2) is 6.61 Å². The van der Waals surface area contributed by atoms with Crippen LogP contribution >= 0.6 is 11.6 Å². The third kappa shape index (κ3) is 4.79. The Hall–Kier alpha value is -2.20. The number of anilines is 1. The molecule has 1 saturated heterocycles. The van der Waals surface area contributed by atoms with E-state index in [2.05, 4.69) is 5.32 Å². The highest BCUT2D eigenvalue weighted by atomic mass is 35.5. The molecule has 2 aromatic rings. The Bertz CT molecular complexity index is 964. The number of nitrogens with zero attached hydrogens (tertiary/aromatic N) is 1. The van der Waals surface area contributed by atoms with E-state index in [1.807, 2.05) is 0 Å². The number of ether oxygens (including phenoxy) is 2. The summed E-state index contributed by atoms with van der Waals surface area (Å²) >= 11 is 6.12. The largest absolute Gasteiger partial charge is 0.482 e. The summed E-state index contributed by atoms with van der Waals surface area (Å²) in [4.78, 5) is 12.0. The number of nitrogens with one attached hydrogen (secondary N) is 1. The lowest BCUT2D eigenvalue weighted by molar-refractivity contribution is -0.118. The second kappa shape index (κ2) is 8.87. The van der Waals surface area contributed by atoms with Crippen LogP contribution in [0.25, 0.3) is 0 Å². The minimum absolute atomic E-state index is 0.0301. The fourth-order valence-electron chi connectivity index (χ4n) is 2.59. The Morgan fingerprint density at radius 1 is 1.21 bits per heavy atom. The lowest BCUT2D eigenvalue weighted by Gasteiger charge is -2.26. The van der Waals surface area contributed by atoms with Crippen molar-refractivity contribution in [2.75, 3.05) is 38.2 Å². The van der Waals surface area contributed by atoms with E-state index in [0.717, 1.165) is 0 Å². The average Bonchev–Trinajstić information content (AvgIpc) is 2.69. The van der Waals surface area contributed by atoms with Crippen LogP contribution in [0.3, 0.4) is 0 Å². The lowest BCUT2D eigenvalue weighted by atomic mass is 10.3. The molecule has 0 aliphatic carbocycles. The maximum absolute atomic E-state index is 13.5. The molecule has 1 heterocycles. The second-order valence-corrected chi connectivity index (χ2v) is 8.27. The van der Waals surface area contributed by atoms with E-state index in [1.54, 1.807) is 6.07 Å². The molecular formula is C18H18ClFN2O5S. The number of carbonyl (C=O) groups is 1. The lowest BCUT2D eigenvalue weighted by Crippen LogP contribution is -2.40. The first-order valence-electron chi connectivity index (χ1n) is 8.42. The molecule has 1 aliphatic rings. The van der Waals surface area contributed by atoms with Gasteiger partial charge in [0.1, 0.15) is 11.6 Å². The van der Waals surface area contributed by atoms with Crippen molar-refractivity contribution >= 4 is 33.2 Å². The molecule has 1 N–H and O–H groups in total. The predicted molar refractivity (Wildman–Crippen MR) is 102 cm³/mol. The SMILES string of the molecule is O=C(COc1ccc(S(=O)(=O)N2CCOCC2)cc1Cl)Nc1ccccc1F.